The van der Waals surface area contributed by atoms with Gasteiger partial charge in [0.1, 0.15) is 5.82 Å². The molecule has 5 heteroatoms. The van der Waals surface area contributed by atoms with Crippen molar-refractivity contribution < 1.29 is 4.79 Å². The molecule has 1 aliphatic rings. The summed E-state index contributed by atoms with van der Waals surface area (Å²) in [5, 5.41) is 2.74. The van der Waals surface area contributed by atoms with Crippen molar-refractivity contribution in [3.63, 3.8) is 0 Å². The summed E-state index contributed by atoms with van der Waals surface area (Å²) < 4.78 is 0. The van der Waals surface area contributed by atoms with E-state index in [2.05, 4.69) is 39.5 Å². The zero-order valence-electron chi connectivity index (χ0n) is 12.5. The van der Waals surface area contributed by atoms with Gasteiger partial charge in [-0.25, -0.2) is 4.98 Å². The van der Waals surface area contributed by atoms with Crippen LogP contribution in [0.2, 0.25) is 0 Å². The van der Waals surface area contributed by atoms with Crippen LogP contribution in [-0.2, 0) is 17.8 Å². The second-order valence-corrected chi connectivity index (χ2v) is 5.43. The number of nitrogens with one attached hydrogen (secondary N) is 1. The number of nitrogens with two attached hydrogens (primary N) is 1. The van der Waals surface area contributed by atoms with Crippen molar-refractivity contribution in [1.82, 2.24) is 4.98 Å². The molecule has 1 amide bonds. The molecule has 3 N–H and O–H groups in total. The monoisotopic (exact) mass is 296 g/mol. The molecule has 3 rings (SSSR count). The summed E-state index contributed by atoms with van der Waals surface area (Å²) in [4.78, 5) is 18.1. The Bertz CT molecular complexity index is 654. The molecule has 1 aromatic heterocycles. The summed E-state index contributed by atoms with van der Waals surface area (Å²) in [5.74, 6) is 0.467. The van der Waals surface area contributed by atoms with E-state index in [1.807, 2.05) is 18.3 Å². The number of benzene rings is 1. The molecule has 2 aromatic rings. The average molecular weight is 296 g/mol. The van der Waals surface area contributed by atoms with Crippen molar-refractivity contribution in [3.8, 4) is 0 Å². The lowest BCUT2D eigenvalue weighted by molar-refractivity contribution is -0.116. The van der Waals surface area contributed by atoms with Crippen LogP contribution >= 0.6 is 0 Å². The van der Waals surface area contributed by atoms with Crippen molar-refractivity contribution in [2.24, 2.45) is 5.73 Å². The van der Waals surface area contributed by atoms with E-state index in [4.69, 9.17) is 5.73 Å². The minimum atomic E-state index is -0.102. The molecule has 0 unspecified atom stereocenters. The Morgan fingerprint density at radius 2 is 2.05 bits per heavy atom. The lowest BCUT2D eigenvalue weighted by Crippen LogP contribution is -2.30. The maximum Gasteiger partial charge on any atom is 0.226 e. The second-order valence-electron chi connectivity index (χ2n) is 5.43. The highest BCUT2D eigenvalue weighted by molar-refractivity contribution is 5.89. The van der Waals surface area contributed by atoms with Crippen LogP contribution in [0.1, 0.15) is 17.5 Å². The topological polar surface area (TPSA) is 71.2 Å². The van der Waals surface area contributed by atoms with Crippen molar-refractivity contribution in [3.05, 3.63) is 53.7 Å². The normalized spacial score (nSPS) is 13.6. The number of nitrogens with zero attached hydrogens (tertiary/aromatic N) is 2. The summed E-state index contributed by atoms with van der Waals surface area (Å²) >= 11 is 0. The largest absolute Gasteiger partial charge is 0.366 e. The third kappa shape index (κ3) is 3.26. The van der Waals surface area contributed by atoms with E-state index in [1.54, 1.807) is 0 Å². The van der Waals surface area contributed by atoms with Gasteiger partial charge < -0.3 is 16.0 Å². The van der Waals surface area contributed by atoms with Crippen LogP contribution in [0.5, 0.6) is 0 Å². The standard InChI is InChI=1S/C17H20N4O/c18-9-7-17(22)20-16-6-5-15(11-19-16)21-10-8-13-3-1-2-4-14(13)12-21/h1-6,11H,7-10,12,18H2,(H,19,20,22). The third-order valence-corrected chi connectivity index (χ3v) is 3.88. The first-order valence-corrected chi connectivity index (χ1v) is 7.54. The minimum absolute atomic E-state index is 0.102. The van der Waals surface area contributed by atoms with E-state index in [1.165, 1.54) is 11.1 Å². The number of aromatic nitrogens is 1. The predicted molar refractivity (Wildman–Crippen MR) is 87.7 cm³/mol. The zero-order chi connectivity index (χ0) is 15.4. The van der Waals surface area contributed by atoms with Gasteiger partial charge in [0, 0.05) is 26.1 Å². The first-order valence-electron chi connectivity index (χ1n) is 7.54. The van der Waals surface area contributed by atoms with Gasteiger partial charge >= 0.3 is 0 Å². The van der Waals surface area contributed by atoms with Gasteiger partial charge in [-0.15, -0.1) is 0 Å². The lowest BCUT2D eigenvalue weighted by atomic mass is 10.00. The molecule has 5 nitrogen and oxygen atoms in total. The molecule has 22 heavy (non-hydrogen) atoms. The molecule has 1 aliphatic heterocycles. The van der Waals surface area contributed by atoms with Gasteiger partial charge in [-0.3, -0.25) is 4.79 Å². The average Bonchev–Trinajstić information content (AvgIpc) is 2.55. The molecular weight excluding hydrogens is 276 g/mol. The van der Waals surface area contributed by atoms with E-state index in [0.29, 0.717) is 18.8 Å². The van der Waals surface area contributed by atoms with Gasteiger partial charge in [0.2, 0.25) is 5.91 Å². The van der Waals surface area contributed by atoms with Crippen LogP contribution in [0.3, 0.4) is 0 Å². The molecule has 0 saturated heterocycles. The smallest absolute Gasteiger partial charge is 0.226 e. The Morgan fingerprint density at radius 1 is 1.23 bits per heavy atom. The van der Waals surface area contributed by atoms with E-state index in [-0.39, 0.29) is 5.91 Å². The first-order chi connectivity index (χ1) is 10.8. The molecule has 0 aliphatic carbocycles. The van der Waals surface area contributed by atoms with Gasteiger partial charge in [0.05, 0.1) is 11.9 Å². The fraction of sp³-hybridized carbons (Fsp3) is 0.294. The van der Waals surface area contributed by atoms with Crippen LogP contribution in [0.4, 0.5) is 11.5 Å². The highest BCUT2D eigenvalue weighted by atomic mass is 16.1. The van der Waals surface area contributed by atoms with Gasteiger partial charge in [0.25, 0.3) is 0 Å². The fourth-order valence-electron chi connectivity index (χ4n) is 2.70. The van der Waals surface area contributed by atoms with Gasteiger partial charge in [-0.05, 0) is 29.7 Å². The maximum atomic E-state index is 11.5. The number of pyridine rings is 1. The van der Waals surface area contributed by atoms with Crippen molar-refractivity contribution in [1.29, 1.82) is 0 Å². The molecule has 0 radical (unpaired) electrons. The summed E-state index contributed by atoms with van der Waals surface area (Å²) in [6.07, 6.45) is 3.17. The Hall–Kier alpha value is -2.40. The molecular formula is C17H20N4O. The first kappa shape index (κ1) is 14.5. The van der Waals surface area contributed by atoms with Crippen LogP contribution in [0, 0.1) is 0 Å². The molecule has 2 heterocycles. The number of carbonyl (C=O) groups excluding carboxylic acids is 1. The van der Waals surface area contributed by atoms with E-state index < -0.39 is 0 Å². The SMILES string of the molecule is NCCC(=O)Nc1ccc(N2CCc3ccccc3C2)cn1. The van der Waals surface area contributed by atoms with Crippen LogP contribution in [0.15, 0.2) is 42.6 Å². The number of rotatable bonds is 4. The van der Waals surface area contributed by atoms with Gasteiger partial charge in [-0.2, -0.15) is 0 Å². The van der Waals surface area contributed by atoms with Crippen LogP contribution < -0.4 is 16.0 Å². The Labute approximate surface area is 130 Å². The van der Waals surface area contributed by atoms with Crippen molar-refractivity contribution in [2.45, 2.75) is 19.4 Å². The second kappa shape index (κ2) is 6.58. The van der Waals surface area contributed by atoms with Crippen molar-refractivity contribution in [2.75, 3.05) is 23.3 Å². The summed E-state index contributed by atoms with van der Waals surface area (Å²) in [7, 11) is 0. The Balaban J connectivity index is 1.68. The minimum Gasteiger partial charge on any atom is -0.366 e. The highest BCUT2D eigenvalue weighted by Gasteiger charge is 2.16. The van der Waals surface area contributed by atoms with E-state index in [0.717, 1.165) is 25.2 Å². The predicted octanol–water partition coefficient (Wildman–Crippen LogP) is 1.93. The molecule has 1 aromatic carbocycles. The maximum absolute atomic E-state index is 11.5. The quantitative estimate of drug-likeness (QED) is 0.904. The zero-order valence-corrected chi connectivity index (χ0v) is 12.5. The molecule has 114 valence electrons. The van der Waals surface area contributed by atoms with E-state index in [9.17, 15) is 4.79 Å². The Kier molecular flexibility index (Phi) is 4.34. The van der Waals surface area contributed by atoms with Gasteiger partial charge in [-0.1, -0.05) is 24.3 Å². The fourth-order valence-corrected chi connectivity index (χ4v) is 2.70. The number of hydrogen-bond donors (Lipinski definition) is 2. The molecule has 0 atom stereocenters. The van der Waals surface area contributed by atoms with Crippen molar-refractivity contribution >= 4 is 17.4 Å². The number of anilines is 2. The number of amides is 1. The van der Waals surface area contributed by atoms with Gasteiger partial charge in [0.15, 0.2) is 0 Å². The molecule has 0 saturated carbocycles. The number of hydrogen-bond acceptors (Lipinski definition) is 4. The molecule has 0 bridgehead atoms. The molecule has 0 spiro atoms. The Morgan fingerprint density at radius 3 is 2.77 bits per heavy atom. The lowest BCUT2D eigenvalue weighted by Gasteiger charge is -2.30. The summed E-state index contributed by atoms with van der Waals surface area (Å²) in [6.45, 7) is 2.23. The third-order valence-electron chi connectivity index (χ3n) is 3.88. The summed E-state index contributed by atoms with van der Waals surface area (Å²) in [5.41, 5.74) is 9.23. The molecule has 0 fully saturated rings. The number of fused-ring (bicyclic) bond motifs is 1. The van der Waals surface area contributed by atoms with Crippen LogP contribution in [-0.4, -0.2) is 24.0 Å². The highest BCUT2D eigenvalue weighted by Crippen LogP contribution is 2.24. The van der Waals surface area contributed by atoms with Crippen LogP contribution in [0.25, 0.3) is 0 Å². The number of carbonyl (C=O) groups is 1. The summed E-state index contributed by atoms with van der Waals surface area (Å²) in [6, 6.07) is 12.4. The van der Waals surface area contributed by atoms with E-state index >= 15 is 0 Å².